The Hall–Kier alpha value is -0.940. The van der Waals surface area contributed by atoms with E-state index in [1.807, 2.05) is 29.9 Å². The van der Waals surface area contributed by atoms with Crippen molar-refractivity contribution in [1.82, 2.24) is 9.78 Å². The van der Waals surface area contributed by atoms with Crippen molar-refractivity contribution in [1.29, 1.82) is 0 Å². The number of benzene rings is 1. The molecule has 0 saturated heterocycles. The number of hydrogen-bond acceptors (Lipinski definition) is 3. The first kappa shape index (κ1) is 13.5. The van der Waals surface area contributed by atoms with Crippen molar-refractivity contribution in [2.24, 2.45) is 7.05 Å². The molecular weight excluding hydrogens is 310 g/mol. The van der Waals surface area contributed by atoms with Gasteiger partial charge in [-0.2, -0.15) is 5.10 Å². The van der Waals surface area contributed by atoms with E-state index in [1.165, 1.54) is 0 Å². The van der Waals surface area contributed by atoms with E-state index in [1.54, 1.807) is 11.8 Å². The molecule has 0 radical (unpaired) electrons. The number of nitrogen functional groups attached to an aromatic ring is 1. The summed E-state index contributed by atoms with van der Waals surface area (Å²) in [6.07, 6.45) is 1.98. The molecule has 0 atom stereocenters. The number of hydrogen-bond donors (Lipinski definition) is 1. The largest absolute Gasteiger partial charge is 0.395 e. The van der Waals surface area contributed by atoms with Gasteiger partial charge in [-0.1, -0.05) is 37.2 Å². The van der Waals surface area contributed by atoms with Crippen LogP contribution in [-0.4, -0.2) is 9.78 Å². The van der Waals surface area contributed by atoms with Crippen LogP contribution in [0.25, 0.3) is 0 Å². The van der Waals surface area contributed by atoms with Crippen LogP contribution in [0.4, 0.5) is 5.69 Å². The monoisotopic (exact) mass is 325 g/mol. The number of halogens is 1. The third kappa shape index (κ3) is 2.72. The summed E-state index contributed by atoms with van der Waals surface area (Å²) >= 11 is 5.19. The summed E-state index contributed by atoms with van der Waals surface area (Å²) < 4.78 is 2.94. The highest BCUT2D eigenvalue weighted by Gasteiger charge is 2.14. The lowest BCUT2D eigenvalue weighted by Gasteiger charge is -2.05. The maximum atomic E-state index is 6.17. The van der Waals surface area contributed by atoms with Gasteiger partial charge in [-0.3, -0.25) is 4.68 Å². The third-order valence-electron chi connectivity index (χ3n) is 2.64. The summed E-state index contributed by atoms with van der Waals surface area (Å²) in [5.41, 5.74) is 7.97. The van der Waals surface area contributed by atoms with Crippen LogP contribution in [-0.2, 0) is 13.5 Å². The van der Waals surface area contributed by atoms with Crippen molar-refractivity contribution in [3.63, 3.8) is 0 Å². The lowest BCUT2D eigenvalue weighted by Crippen LogP contribution is -1.93. The molecule has 0 fully saturated rings. The number of nitrogens with two attached hydrogens (primary N) is 1. The van der Waals surface area contributed by atoms with Gasteiger partial charge < -0.3 is 5.73 Å². The Morgan fingerprint density at radius 1 is 1.39 bits per heavy atom. The van der Waals surface area contributed by atoms with Crippen molar-refractivity contribution in [3.8, 4) is 0 Å². The van der Waals surface area contributed by atoms with Gasteiger partial charge in [0, 0.05) is 16.4 Å². The minimum atomic E-state index is 0.806. The Morgan fingerprint density at radius 2 is 2.11 bits per heavy atom. The van der Waals surface area contributed by atoms with Crippen molar-refractivity contribution < 1.29 is 0 Å². The molecule has 18 heavy (non-hydrogen) atoms. The van der Waals surface area contributed by atoms with Gasteiger partial charge >= 0.3 is 0 Å². The number of aromatic nitrogens is 2. The molecule has 0 aliphatic rings. The molecule has 0 spiro atoms. The molecule has 0 aliphatic carbocycles. The first-order chi connectivity index (χ1) is 8.63. The Morgan fingerprint density at radius 3 is 2.78 bits per heavy atom. The van der Waals surface area contributed by atoms with Gasteiger partial charge in [-0.25, -0.2) is 0 Å². The van der Waals surface area contributed by atoms with Crippen LogP contribution in [0, 0.1) is 0 Å². The van der Waals surface area contributed by atoms with E-state index in [2.05, 4.69) is 34.0 Å². The summed E-state index contributed by atoms with van der Waals surface area (Å²) in [5, 5.41) is 5.49. The lowest BCUT2D eigenvalue weighted by atomic mass is 10.2. The zero-order valence-corrected chi connectivity index (χ0v) is 12.9. The fourth-order valence-corrected chi connectivity index (χ4v) is 3.20. The molecule has 1 aromatic carbocycles. The zero-order chi connectivity index (χ0) is 13.1. The minimum Gasteiger partial charge on any atom is -0.395 e. The van der Waals surface area contributed by atoms with Gasteiger partial charge in [0.2, 0.25) is 0 Å². The predicted molar refractivity (Wildman–Crippen MR) is 79.9 cm³/mol. The average molecular weight is 326 g/mol. The summed E-state index contributed by atoms with van der Waals surface area (Å²) in [5.74, 6) is 0. The number of nitrogens with zero attached hydrogens (tertiary/aromatic N) is 2. The van der Waals surface area contributed by atoms with Crippen LogP contribution in [0.3, 0.4) is 0 Å². The lowest BCUT2D eigenvalue weighted by molar-refractivity contribution is 0.681. The standard InChI is InChI=1S/C13H16BrN3S/c1-3-6-10-12(15)13(17(2)16-10)18-11-8-5-4-7-9(11)14/h4-5,7-8H,3,6,15H2,1-2H3. The van der Waals surface area contributed by atoms with Crippen molar-refractivity contribution in [2.75, 3.05) is 5.73 Å². The molecule has 96 valence electrons. The fourth-order valence-electron chi connectivity index (χ4n) is 1.75. The smallest absolute Gasteiger partial charge is 0.122 e. The normalized spacial score (nSPS) is 10.8. The molecular formula is C13H16BrN3S. The highest BCUT2D eigenvalue weighted by atomic mass is 79.9. The van der Waals surface area contributed by atoms with Gasteiger partial charge in [0.15, 0.2) is 0 Å². The van der Waals surface area contributed by atoms with E-state index in [-0.39, 0.29) is 0 Å². The second kappa shape index (κ2) is 5.80. The summed E-state index contributed by atoms with van der Waals surface area (Å²) in [4.78, 5) is 1.15. The summed E-state index contributed by atoms with van der Waals surface area (Å²) in [6.45, 7) is 2.13. The third-order valence-corrected chi connectivity index (χ3v) is 4.84. The molecule has 2 N–H and O–H groups in total. The van der Waals surface area contributed by atoms with Crippen molar-refractivity contribution in [3.05, 3.63) is 34.4 Å². The van der Waals surface area contributed by atoms with E-state index in [4.69, 9.17) is 5.73 Å². The Bertz CT molecular complexity index is 551. The Kier molecular flexibility index (Phi) is 4.35. The molecule has 0 unspecified atom stereocenters. The SMILES string of the molecule is CCCc1nn(C)c(Sc2ccccc2Br)c1N. The molecule has 2 rings (SSSR count). The highest BCUT2D eigenvalue weighted by molar-refractivity contribution is 9.10. The topological polar surface area (TPSA) is 43.8 Å². The number of anilines is 1. The van der Waals surface area contributed by atoms with Crippen LogP contribution in [0.2, 0.25) is 0 Å². The van der Waals surface area contributed by atoms with Crippen molar-refractivity contribution in [2.45, 2.75) is 29.7 Å². The zero-order valence-electron chi connectivity index (χ0n) is 10.5. The first-order valence-electron chi connectivity index (χ1n) is 5.87. The second-order valence-electron chi connectivity index (χ2n) is 4.07. The number of aryl methyl sites for hydroxylation is 2. The number of rotatable bonds is 4. The minimum absolute atomic E-state index is 0.806. The van der Waals surface area contributed by atoms with Gasteiger partial charge in [-0.15, -0.1) is 0 Å². The van der Waals surface area contributed by atoms with Gasteiger partial charge in [0.25, 0.3) is 0 Å². The van der Waals surface area contributed by atoms with Crippen molar-refractivity contribution >= 4 is 33.4 Å². The first-order valence-corrected chi connectivity index (χ1v) is 7.48. The van der Waals surface area contributed by atoms with E-state index >= 15 is 0 Å². The van der Waals surface area contributed by atoms with Crippen LogP contribution in [0.1, 0.15) is 19.0 Å². The maximum absolute atomic E-state index is 6.17. The summed E-state index contributed by atoms with van der Waals surface area (Å²) in [6, 6.07) is 8.12. The van der Waals surface area contributed by atoms with Gasteiger partial charge in [0.05, 0.1) is 11.4 Å². The van der Waals surface area contributed by atoms with E-state index < -0.39 is 0 Å². The molecule has 2 aromatic rings. The predicted octanol–water partition coefficient (Wildman–Crippen LogP) is 3.87. The second-order valence-corrected chi connectivity index (χ2v) is 5.96. The molecule has 1 heterocycles. The quantitative estimate of drug-likeness (QED) is 0.927. The summed E-state index contributed by atoms with van der Waals surface area (Å²) in [7, 11) is 1.94. The molecule has 0 amide bonds. The van der Waals surface area contributed by atoms with Gasteiger partial charge in [-0.05, 0) is 34.5 Å². The van der Waals surface area contributed by atoms with E-state index in [0.29, 0.717) is 0 Å². The molecule has 1 aromatic heterocycles. The van der Waals surface area contributed by atoms with Crippen LogP contribution >= 0.6 is 27.7 Å². The molecule has 5 heteroatoms. The van der Waals surface area contributed by atoms with E-state index in [0.717, 1.165) is 38.6 Å². The Balaban J connectivity index is 2.32. The van der Waals surface area contributed by atoms with Crippen LogP contribution in [0.5, 0.6) is 0 Å². The van der Waals surface area contributed by atoms with E-state index in [9.17, 15) is 0 Å². The highest BCUT2D eigenvalue weighted by Crippen LogP contribution is 2.37. The molecule has 0 saturated carbocycles. The van der Waals surface area contributed by atoms with Crippen LogP contribution < -0.4 is 5.73 Å². The average Bonchev–Trinajstić information content (AvgIpc) is 2.60. The fraction of sp³-hybridized carbons (Fsp3) is 0.308. The molecule has 0 aliphatic heterocycles. The molecule has 0 bridgehead atoms. The maximum Gasteiger partial charge on any atom is 0.122 e. The Labute approximate surface area is 120 Å². The van der Waals surface area contributed by atoms with Gasteiger partial charge in [0.1, 0.15) is 5.03 Å². The molecule has 3 nitrogen and oxygen atoms in total. The van der Waals surface area contributed by atoms with Crippen LogP contribution in [0.15, 0.2) is 38.7 Å².